The monoisotopic (exact) mass is 793 g/mol. The summed E-state index contributed by atoms with van der Waals surface area (Å²) in [6, 6.07) is 66.7. The van der Waals surface area contributed by atoms with Crippen molar-refractivity contribution in [2.75, 3.05) is 0 Å². The Hall–Kier alpha value is -8.41. The Kier molecular flexibility index (Phi) is 10.2. The van der Waals surface area contributed by atoms with E-state index >= 15 is 0 Å². The maximum absolute atomic E-state index is 5.26. The van der Waals surface area contributed by atoms with E-state index < -0.39 is 0 Å². The zero-order chi connectivity index (χ0) is 41.8. The molecule has 0 spiro atoms. The van der Waals surface area contributed by atoms with Gasteiger partial charge < -0.3 is 0 Å². The molecule has 0 saturated carbocycles. The molecule has 0 aliphatic rings. The molecule has 5 heteroatoms. The van der Waals surface area contributed by atoms with Crippen LogP contribution in [0.3, 0.4) is 0 Å². The molecule has 0 fully saturated rings. The van der Waals surface area contributed by atoms with Crippen molar-refractivity contribution < 1.29 is 0 Å². The standard InChI is InChI=1S/C57H39N5/c1-3-18-38(4-2)39-29-35-45(36-30-39)54-58-50(40-19-8-5-9-20-40)37-51(59-54)41-31-33-42(34-32-41)52-48-27-16-14-25-46(48)47-26-15-17-28-49(47)53(52)57-61-55(43-21-10-6-11-22-43)60-56(62-57)44-23-12-7-13-24-44/h3-37H,1-2H2/b38-18+. The van der Waals surface area contributed by atoms with Gasteiger partial charge in [0.1, 0.15) is 0 Å². The summed E-state index contributed by atoms with van der Waals surface area (Å²) >= 11 is 0. The highest BCUT2D eigenvalue weighted by molar-refractivity contribution is 6.21. The van der Waals surface area contributed by atoms with Gasteiger partial charge >= 0.3 is 0 Å². The Morgan fingerprint density at radius 1 is 0.339 bits per heavy atom. The molecule has 0 atom stereocenters. The molecule has 0 amide bonds. The van der Waals surface area contributed by atoms with Crippen LogP contribution < -0.4 is 0 Å². The smallest absolute Gasteiger partial charge is 0.165 e. The van der Waals surface area contributed by atoms with Crippen molar-refractivity contribution in [3.63, 3.8) is 0 Å². The van der Waals surface area contributed by atoms with Crippen LogP contribution in [0.1, 0.15) is 5.56 Å². The topological polar surface area (TPSA) is 64.5 Å². The van der Waals surface area contributed by atoms with Gasteiger partial charge in [-0.05, 0) is 44.3 Å². The number of allylic oxidation sites excluding steroid dienone is 4. The molecule has 0 aliphatic heterocycles. The zero-order valence-electron chi connectivity index (χ0n) is 33.9. The Morgan fingerprint density at radius 3 is 1.24 bits per heavy atom. The van der Waals surface area contributed by atoms with Crippen molar-refractivity contribution in [2.45, 2.75) is 0 Å². The second kappa shape index (κ2) is 16.7. The van der Waals surface area contributed by atoms with E-state index in [0.717, 1.165) is 88.6 Å². The van der Waals surface area contributed by atoms with Crippen molar-refractivity contribution in [3.8, 4) is 79.2 Å². The molecule has 10 rings (SSSR count). The van der Waals surface area contributed by atoms with Gasteiger partial charge in [0.25, 0.3) is 0 Å². The number of fused-ring (bicyclic) bond motifs is 3. The van der Waals surface area contributed by atoms with Crippen molar-refractivity contribution in [3.05, 3.63) is 231 Å². The van der Waals surface area contributed by atoms with Crippen LogP contribution in [-0.2, 0) is 0 Å². The molecule has 292 valence electrons. The van der Waals surface area contributed by atoms with E-state index in [2.05, 4.69) is 128 Å². The van der Waals surface area contributed by atoms with E-state index in [-0.39, 0.29) is 0 Å². The van der Waals surface area contributed by atoms with Crippen LogP contribution in [0.25, 0.3) is 106 Å². The van der Waals surface area contributed by atoms with Gasteiger partial charge in [-0.15, -0.1) is 0 Å². The maximum Gasteiger partial charge on any atom is 0.165 e. The van der Waals surface area contributed by atoms with Gasteiger partial charge in [0, 0.05) is 38.9 Å². The molecule has 5 nitrogen and oxygen atoms in total. The second-order valence-electron chi connectivity index (χ2n) is 14.9. The fraction of sp³-hybridized carbons (Fsp3) is 0. The first-order valence-corrected chi connectivity index (χ1v) is 20.6. The van der Waals surface area contributed by atoms with Gasteiger partial charge in [0.2, 0.25) is 0 Å². The molecule has 0 radical (unpaired) electrons. The summed E-state index contributed by atoms with van der Waals surface area (Å²) in [5.74, 6) is 2.49. The predicted octanol–water partition coefficient (Wildman–Crippen LogP) is 14.4. The van der Waals surface area contributed by atoms with Crippen LogP contribution in [0.4, 0.5) is 0 Å². The quantitative estimate of drug-likeness (QED) is 0.102. The summed E-state index contributed by atoms with van der Waals surface area (Å²) in [4.78, 5) is 25.8. The van der Waals surface area contributed by atoms with Gasteiger partial charge in [-0.25, -0.2) is 24.9 Å². The highest BCUT2D eigenvalue weighted by Crippen LogP contribution is 2.44. The summed E-state index contributed by atoms with van der Waals surface area (Å²) in [6.07, 6.45) is 5.56. The summed E-state index contributed by atoms with van der Waals surface area (Å²) in [7, 11) is 0. The predicted molar refractivity (Wildman–Crippen MR) is 257 cm³/mol. The lowest BCUT2D eigenvalue weighted by molar-refractivity contribution is 1.08. The Labute approximate surface area is 360 Å². The lowest BCUT2D eigenvalue weighted by Gasteiger charge is -2.18. The normalized spacial score (nSPS) is 11.5. The first kappa shape index (κ1) is 37.8. The highest BCUT2D eigenvalue weighted by Gasteiger charge is 2.22. The van der Waals surface area contributed by atoms with Crippen LogP contribution in [0.15, 0.2) is 226 Å². The van der Waals surface area contributed by atoms with E-state index in [1.165, 1.54) is 0 Å². The van der Waals surface area contributed by atoms with Gasteiger partial charge in [-0.1, -0.05) is 219 Å². The molecule has 2 aromatic heterocycles. The Balaban J connectivity index is 1.16. The van der Waals surface area contributed by atoms with E-state index in [9.17, 15) is 0 Å². The molecule has 0 unspecified atom stereocenters. The van der Waals surface area contributed by atoms with Gasteiger partial charge in [-0.3, -0.25) is 0 Å². The van der Waals surface area contributed by atoms with Crippen molar-refractivity contribution in [2.24, 2.45) is 0 Å². The fourth-order valence-corrected chi connectivity index (χ4v) is 8.10. The Bertz CT molecular complexity index is 3230. The average Bonchev–Trinajstić information content (AvgIpc) is 3.36. The van der Waals surface area contributed by atoms with Crippen LogP contribution in [-0.4, -0.2) is 24.9 Å². The number of aromatic nitrogens is 5. The van der Waals surface area contributed by atoms with Gasteiger partial charge in [0.15, 0.2) is 23.3 Å². The summed E-state index contributed by atoms with van der Waals surface area (Å²) in [5, 5.41) is 4.46. The molecule has 10 aromatic rings. The molecular weight excluding hydrogens is 755 g/mol. The summed E-state index contributed by atoms with van der Waals surface area (Å²) < 4.78 is 0. The zero-order valence-corrected chi connectivity index (χ0v) is 33.9. The van der Waals surface area contributed by atoms with Crippen molar-refractivity contribution in [1.82, 2.24) is 24.9 Å². The number of hydrogen-bond acceptors (Lipinski definition) is 5. The molecule has 8 aromatic carbocycles. The molecular formula is C57H39N5. The van der Waals surface area contributed by atoms with E-state index in [4.69, 9.17) is 24.9 Å². The summed E-state index contributed by atoms with van der Waals surface area (Å²) in [5.41, 5.74) is 11.5. The van der Waals surface area contributed by atoms with Crippen LogP contribution in [0, 0.1) is 0 Å². The minimum Gasteiger partial charge on any atom is -0.228 e. The molecule has 62 heavy (non-hydrogen) atoms. The SMILES string of the molecule is C=C/C=C(\C=C)c1ccc(-c2nc(-c3ccccc3)cc(-c3ccc(-c4c(-c5nc(-c6ccccc6)nc(-c6ccccc6)n5)c5ccccc5c5ccccc45)cc3)n2)cc1. The second-order valence-corrected chi connectivity index (χ2v) is 14.9. The molecule has 0 N–H and O–H groups in total. The van der Waals surface area contributed by atoms with Crippen molar-refractivity contribution in [1.29, 1.82) is 0 Å². The van der Waals surface area contributed by atoms with E-state index in [1.54, 1.807) is 6.08 Å². The molecule has 0 bridgehead atoms. The van der Waals surface area contributed by atoms with Gasteiger partial charge in [-0.2, -0.15) is 0 Å². The van der Waals surface area contributed by atoms with E-state index in [1.807, 2.05) is 91.0 Å². The third-order valence-corrected chi connectivity index (χ3v) is 11.1. The minimum absolute atomic E-state index is 0.609. The van der Waals surface area contributed by atoms with E-state index in [0.29, 0.717) is 23.3 Å². The maximum atomic E-state index is 5.26. The average molecular weight is 794 g/mol. The Morgan fingerprint density at radius 2 is 0.726 bits per heavy atom. The summed E-state index contributed by atoms with van der Waals surface area (Å²) in [6.45, 7) is 7.84. The minimum atomic E-state index is 0.609. The van der Waals surface area contributed by atoms with Crippen LogP contribution in [0.2, 0.25) is 0 Å². The number of rotatable bonds is 10. The fourth-order valence-electron chi connectivity index (χ4n) is 8.10. The largest absolute Gasteiger partial charge is 0.228 e. The number of benzene rings is 8. The third kappa shape index (κ3) is 7.29. The number of hydrogen-bond donors (Lipinski definition) is 0. The molecule has 0 aliphatic carbocycles. The highest BCUT2D eigenvalue weighted by atomic mass is 15.0. The molecule has 2 heterocycles. The third-order valence-electron chi connectivity index (χ3n) is 11.1. The lowest BCUT2D eigenvalue weighted by atomic mass is 9.87. The first-order chi connectivity index (χ1) is 30.6. The molecule has 0 saturated heterocycles. The van der Waals surface area contributed by atoms with Crippen molar-refractivity contribution >= 4 is 27.1 Å². The van der Waals surface area contributed by atoms with Gasteiger partial charge in [0.05, 0.1) is 11.4 Å². The van der Waals surface area contributed by atoms with Crippen LogP contribution >= 0.6 is 0 Å². The first-order valence-electron chi connectivity index (χ1n) is 20.6. The van der Waals surface area contributed by atoms with Crippen LogP contribution in [0.5, 0.6) is 0 Å². The lowest BCUT2D eigenvalue weighted by Crippen LogP contribution is -2.02. The number of nitrogens with zero attached hydrogens (tertiary/aromatic N) is 5.